The Kier molecular flexibility index (Phi) is 1.85. The van der Waals surface area contributed by atoms with E-state index in [0.717, 1.165) is 5.52 Å². The summed E-state index contributed by atoms with van der Waals surface area (Å²) in [5.74, 6) is 0. The van der Waals surface area contributed by atoms with E-state index in [0.29, 0.717) is 0 Å². The van der Waals surface area contributed by atoms with Gasteiger partial charge in [0.25, 0.3) is 0 Å². The van der Waals surface area contributed by atoms with Crippen LogP contribution in [-0.2, 0) is 0 Å². The van der Waals surface area contributed by atoms with Crippen LogP contribution in [-0.4, -0.2) is 4.98 Å². The van der Waals surface area contributed by atoms with Crippen LogP contribution in [0.15, 0.2) is 41.2 Å². The van der Waals surface area contributed by atoms with Gasteiger partial charge in [0, 0.05) is 4.88 Å². The van der Waals surface area contributed by atoms with Crippen molar-refractivity contribution in [1.82, 2.24) is 4.98 Å². The van der Waals surface area contributed by atoms with Gasteiger partial charge in [-0.3, -0.25) is 0 Å². The van der Waals surface area contributed by atoms with Gasteiger partial charge in [0.1, 0.15) is 0 Å². The fourth-order valence-corrected chi connectivity index (χ4v) is 2.84. The number of aromatic nitrogens is 1. The Bertz CT molecular complexity index is 551. The lowest BCUT2D eigenvalue weighted by molar-refractivity contribution is 1.50. The number of thiazole rings is 1. The number of hydrogen-bond acceptors (Lipinski definition) is 3. The van der Waals surface area contributed by atoms with Crippen LogP contribution in [0.25, 0.3) is 20.7 Å². The predicted molar refractivity (Wildman–Crippen MR) is 62.9 cm³/mol. The van der Waals surface area contributed by atoms with Crippen molar-refractivity contribution in [3.8, 4) is 10.4 Å². The SMILES string of the molecule is c1csc(-c2ccc3scnc3c2)c1. The smallest absolute Gasteiger partial charge is 0.0818 e. The number of hydrogen-bond donors (Lipinski definition) is 0. The molecule has 0 spiro atoms. The maximum absolute atomic E-state index is 4.31. The molecule has 0 saturated heterocycles. The molecule has 1 aromatic carbocycles. The van der Waals surface area contributed by atoms with Crippen molar-refractivity contribution in [2.75, 3.05) is 0 Å². The zero-order chi connectivity index (χ0) is 9.38. The molecule has 3 rings (SSSR count). The lowest BCUT2D eigenvalue weighted by Crippen LogP contribution is -1.72. The third-order valence-corrected chi connectivity index (χ3v) is 3.87. The molecule has 0 aliphatic carbocycles. The van der Waals surface area contributed by atoms with Gasteiger partial charge in [-0.2, -0.15) is 0 Å². The Morgan fingerprint density at radius 3 is 2.93 bits per heavy atom. The van der Waals surface area contributed by atoms with Crippen molar-refractivity contribution in [3.05, 3.63) is 41.2 Å². The summed E-state index contributed by atoms with van der Waals surface area (Å²) in [4.78, 5) is 5.62. The summed E-state index contributed by atoms with van der Waals surface area (Å²) in [5, 5.41) is 2.10. The molecule has 0 aliphatic heterocycles. The number of thiophene rings is 1. The first kappa shape index (κ1) is 8.15. The zero-order valence-electron chi connectivity index (χ0n) is 7.31. The first-order valence-corrected chi connectivity index (χ1v) is 6.06. The average Bonchev–Trinajstić information content (AvgIpc) is 2.88. The highest BCUT2D eigenvalue weighted by Gasteiger charge is 2.01. The molecule has 2 aromatic heterocycles. The predicted octanol–water partition coefficient (Wildman–Crippen LogP) is 4.02. The normalized spacial score (nSPS) is 10.9. The third-order valence-electron chi connectivity index (χ3n) is 2.14. The monoisotopic (exact) mass is 217 g/mol. The van der Waals surface area contributed by atoms with Gasteiger partial charge >= 0.3 is 0 Å². The molecule has 1 nitrogen and oxygen atoms in total. The van der Waals surface area contributed by atoms with E-state index < -0.39 is 0 Å². The second-order valence-corrected chi connectivity index (χ2v) is 4.85. The van der Waals surface area contributed by atoms with Crippen LogP contribution >= 0.6 is 22.7 Å². The summed E-state index contributed by atoms with van der Waals surface area (Å²) >= 11 is 3.45. The number of rotatable bonds is 1. The molecule has 0 amide bonds. The van der Waals surface area contributed by atoms with Crippen molar-refractivity contribution in [2.45, 2.75) is 0 Å². The molecule has 0 bridgehead atoms. The largest absolute Gasteiger partial charge is 0.245 e. The average molecular weight is 217 g/mol. The van der Waals surface area contributed by atoms with E-state index in [9.17, 15) is 0 Å². The van der Waals surface area contributed by atoms with Crippen LogP contribution in [0, 0.1) is 0 Å². The quantitative estimate of drug-likeness (QED) is 0.600. The molecule has 14 heavy (non-hydrogen) atoms. The first-order chi connectivity index (χ1) is 6.93. The van der Waals surface area contributed by atoms with Gasteiger partial charge < -0.3 is 0 Å². The van der Waals surface area contributed by atoms with Crippen LogP contribution < -0.4 is 0 Å². The lowest BCUT2D eigenvalue weighted by atomic mass is 10.2. The van der Waals surface area contributed by atoms with E-state index in [-0.39, 0.29) is 0 Å². The second kappa shape index (κ2) is 3.19. The number of benzene rings is 1. The van der Waals surface area contributed by atoms with Gasteiger partial charge in [-0.15, -0.1) is 22.7 Å². The maximum Gasteiger partial charge on any atom is 0.0818 e. The minimum Gasteiger partial charge on any atom is -0.245 e. The highest BCUT2D eigenvalue weighted by Crippen LogP contribution is 2.28. The van der Waals surface area contributed by atoms with Gasteiger partial charge in [0.05, 0.1) is 15.7 Å². The van der Waals surface area contributed by atoms with Gasteiger partial charge in [0.2, 0.25) is 0 Å². The molecule has 3 heteroatoms. The number of nitrogens with zero attached hydrogens (tertiary/aromatic N) is 1. The topological polar surface area (TPSA) is 12.9 Å². The van der Waals surface area contributed by atoms with E-state index in [1.165, 1.54) is 15.1 Å². The highest BCUT2D eigenvalue weighted by atomic mass is 32.1. The summed E-state index contributed by atoms with van der Waals surface area (Å²) in [6.45, 7) is 0. The van der Waals surface area contributed by atoms with E-state index in [1.54, 1.807) is 22.7 Å². The Morgan fingerprint density at radius 1 is 1.07 bits per heavy atom. The van der Waals surface area contributed by atoms with E-state index in [2.05, 4.69) is 40.7 Å². The summed E-state index contributed by atoms with van der Waals surface area (Å²) < 4.78 is 1.25. The fourth-order valence-electron chi connectivity index (χ4n) is 1.45. The molecule has 0 atom stereocenters. The molecule has 0 unspecified atom stereocenters. The summed E-state index contributed by atoms with van der Waals surface area (Å²) in [6, 6.07) is 10.7. The van der Waals surface area contributed by atoms with Crippen molar-refractivity contribution in [1.29, 1.82) is 0 Å². The number of fused-ring (bicyclic) bond motifs is 1. The minimum atomic E-state index is 1.10. The maximum atomic E-state index is 4.31. The van der Waals surface area contributed by atoms with Crippen molar-refractivity contribution < 1.29 is 0 Å². The Balaban J connectivity index is 2.23. The van der Waals surface area contributed by atoms with Gasteiger partial charge in [-0.25, -0.2) is 4.98 Å². The standard InChI is InChI=1S/C11H7NS2/c1-2-10(13-5-1)8-3-4-11-9(6-8)12-7-14-11/h1-7H. The summed E-state index contributed by atoms with van der Waals surface area (Å²) in [7, 11) is 0. The van der Waals surface area contributed by atoms with Crippen molar-refractivity contribution in [3.63, 3.8) is 0 Å². The third kappa shape index (κ3) is 1.25. The molecule has 0 saturated carbocycles. The Labute approximate surface area is 89.7 Å². The Hall–Kier alpha value is -1.19. The first-order valence-electron chi connectivity index (χ1n) is 4.30. The molecule has 0 radical (unpaired) electrons. The van der Waals surface area contributed by atoms with Crippen LogP contribution in [0.4, 0.5) is 0 Å². The van der Waals surface area contributed by atoms with Gasteiger partial charge in [-0.1, -0.05) is 12.1 Å². The highest BCUT2D eigenvalue weighted by molar-refractivity contribution is 7.16. The Morgan fingerprint density at radius 2 is 2.07 bits per heavy atom. The van der Waals surface area contributed by atoms with E-state index >= 15 is 0 Å². The molecule has 0 aliphatic rings. The van der Waals surface area contributed by atoms with E-state index in [1.807, 2.05) is 5.51 Å². The van der Waals surface area contributed by atoms with E-state index in [4.69, 9.17) is 0 Å². The van der Waals surface area contributed by atoms with Gasteiger partial charge in [-0.05, 0) is 29.1 Å². The molecular weight excluding hydrogens is 210 g/mol. The molecular formula is C11H7NS2. The van der Waals surface area contributed by atoms with Crippen LogP contribution in [0.2, 0.25) is 0 Å². The van der Waals surface area contributed by atoms with Crippen molar-refractivity contribution in [2.24, 2.45) is 0 Å². The molecule has 0 fully saturated rings. The summed E-state index contributed by atoms with van der Waals surface area (Å²) in [5.41, 5.74) is 4.25. The second-order valence-electron chi connectivity index (χ2n) is 3.01. The molecule has 0 N–H and O–H groups in total. The zero-order valence-corrected chi connectivity index (χ0v) is 8.94. The molecule has 3 aromatic rings. The molecule has 2 heterocycles. The van der Waals surface area contributed by atoms with Crippen LogP contribution in [0.3, 0.4) is 0 Å². The van der Waals surface area contributed by atoms with Gasteiger partial charge in [0.15, 0.2) is 0 Å². The molecule has 68 valence electrons. The van der Waals surface area contributed by atoms with Crippen LogP contribution in [0.1, 0.15) is 0 Å². The lowest BCUT2D eigenvalue weighted by Gasteiger charge is -1.95. The van der Waals surface area contributed by atoms with Crippen LogP contribution in [0.5, 0.6) is 0 Å². The minimum absolute atomic E-state index is 1.10. The summed E-state index contributed by atoms with van der Waals surface area (Å²) in [6.07, 6.45) is 0. The fraction of sp³-hybridized carbons (Fsp3) is 0. The van der Waals surface area contributed by atoms with Crippen molar-refractivity contribution >= 4 is 32.9 Å².